The van der Waals surface area contributed by atoms with E-state index in [0.717, 1.165) is 5.56 Å². The molecule has 9 heteroatoms. The molecule has 0 saturated carbocycles. The molecule has 0 aliphatic rings. The van der Waals surface area contributed by atoms with Crippen LogP contribution in [0.3, 0.4) is 0 Å². The zero-order valence-electron chi connectivity index (χ0n) is 13.8. The third-order valence-corrected chi connectivity index (χ3v) is 5.65. The number of thioether (sulfide) groups is 1. The normalized spacial score (nSPS) is 10.5. The Morgan fingerprint density at radius 3 is 2.92 bits per heavy atom. The average molecular weight is 404 g/mol. The molecule has 0 unspecified atom stereocenters. The van der Waals surface area contributed by atoms with Crippen molar-refractivity contribution in [2.24, 2.45) is 0 Å². The first kappa shape index (κ1) is 18.5. The lowest BCUT2D eigenvalue weighted by Crippen LogP contribution is -2.14. The Bertz CT molecular complexity index is 976. The summed E-state index contributed by atoms with van der Waals surface area (Å²) in [5.41, 5.74) is 1.27. The number of nitrogens with zero attached hydrogens (tertiary/aromatic N) is 4. The van der Waals surface area contributed by atoms with Gasteiger partial charge in [-0.2, -0.15) is 5.26 Å². The minimum atomic E-state index is -0.195. The second kappa shape index (κ2) is 8.36. The molecular formula is C17H14ClN5OS2. The Labute approximate surface area is 163 Å². The van der Waals surface area contributed by atoms with Crippen molar-refractivity contribution in [3.05, 3.63) is 46.3 Å². The van der Waals surface area contributed by atoms with E-state index in [1.165, 1.54) is 23.1 Å². The van der Waals surface area contributed by atoms with Gasteiger partial charge in [0.2, 0.25) is 5.91 Å². The second-order valence-corrected chi connectivity index (χ2v) is 7.41. The van der Waals surface area contributed by atoms with Gasteiger partial charge in [0.1, 0.15) is 11.1 Å². The van der Waals surface area contributed by atoms with E-state index in [-0.39, 0.29) is 11.7 Å². The summed E-state index contributed by atoms with van der Waals surface area (Å²) in [7, 11) is 0. The SMILES string of the molecule is CCn1c(SCC(=O)Nc2sccc2C#N)nnc1-c1ccccc1Cl. The maximum atomic E-state index is 12.2. The predicted octanol–water partition coefficient (Wildman–Crippen LogP) is 4.28. The second-order valence-electron chi connectivity index (χ2n) is 5.14. The lowest BCUT2D eigenvalue weighted by molar-refractivity contribution is -0.113. The zero-order chi connectivity index (χ0) is 18.5. The molecule has 3 aromatic rings. The molecule has 0 aliphatic heterocycles. The fraction of sp³-hybridized carbons (Fsp3) is 0.176. The first-order valence-corrected chi connectivity index (χ1v) is 9.96. The summed E-state index contributed by atoms with van der Waals surface area (Å²) in [6, 6.07) is 11.2. The molecule has 2 aromatic heterocycles. The first-order valence-electron chi connectivity index (χ1n) is 7.72. The van der Waals surface area contributed by atoms with Gasteiger partial charge in [0.05, 0.1) is 16.3 Å². The van der Waals surface area contributed by atoms with Gasteiger partial charge in [-0.25, -0.2) is 0 Å². The van der Waals surface area contributed by atoms with E-state index in [4.69, 9.17) is 16.9 Å². The van der Waals surface area contributed by atoms with Crippen LogP contribution < -0.4 is 5.32 Å². The number of nitrogens with one attached hydrogen (secondary N) is 1. The van der Waals surface area contributed by atoms with Crippen molar-refractivity contribution in [1.29, 1.82) is 5.26 Å². The number of halogens is 1. The minimum absolute atomic E-state index is 0.170. The van der Waals surface area contributed by atoms with E-state index in [2.05, 4.69) is 15.5 Å². The number of carbonyl (C=O) groups is 1. The third-order valence-electron chi connectivity index (χ3n) is 3.52. The summed E-state index contributed by atoms with van der Waals surface area (Å²) in [5.74, 6) is 0.647. The topological polar surface area (TPSA) is 83.6 Å². The number of hydrogen-bond donors (Lipinski definition) is 1. The van der Waals surface area contributed by atoms with Gasteiger partial charge >= 0.3 is 0 Å². The van der Waals surface area contributed by atoms with Gasteiger partial charge in [0.25, 0.3) is 0 Å². The molecule has 0 bridgehead atoms. The van der Waals surface area contributed by atoms with Crippen molar-refractivity contribution in [2.45, 2.75) is 18.6 Å². The summed E-state index contributed by atoms with van der Waals surface area (Å²) in [6.45, 7) is 2.64. The largest absolute Gasteiger partial charge is 0.316 e. The van der Waals surface area contributed by atoms with Gasteiger partial charge in [-0.3, -0.25) is 4.79 Å². The number of amides is 1. The molecular weight excluding hydrogens is 390 g/mol. The van der Waals surface area contributed by atoms with Crippen molar-refractivity contribution < 1.29 is 4.79 Å². The van der Waals surface area contributed by atoms with Crippen LogP contribution in [0.5, 0.6) is 0 Å². The predicted molar refractivity (Wildman–Crippen MR) is 105 cm³/mol. The molecule has 1 amide bonds. The molecule has 0 saturated heterocycles. The van der Waals surface area contributed by atoms with Crippen LogP contribution in [0.1, 0.15) is 12.5 Å². The van der Waals surface area contributed by atoms with Gasteiger partial charge in [-0.05, 0) is 30.5 Å². The monoisotopic (exact) mass is 403 g/mol. The molecule has 2 heterocycles. The highest BCUT2D eigenvalue weighted by molar-refractivity contribution is 7.99. The number of benzene rings is 1. The van der Waals surface area contributed by atoms with E-state index in [0.29, 0.717) is 33.1 Å². The minimum Gasteiger partial charge on any atom is -0.316 e. The summed E-state index contributed by atoms with van der Waals surface area (Å²) < 4.78 is 1.92. The Hall–Kier alpha value is -2.34. The van der Waals surface area contributed by atoms with Gasteiger partial charge < -0.3 is 9.88 Å². The smallest absolute Gasteiger partial charge is 0.235 e. The molecule has 1 aromatic carbocycles. The number of aromatic nitrogens is 3. The molecule has 0 atom stereocenters. The van der Waals surface area contributed by atoms with Crippen LogP contribution in [0.25, 0.3) is 11.4 Å². The number of hydrogen-bond acceptors (Lipinski definition) is 6. The molecule has 132 valence electrons. The summed E-state index contributed by atoms with van der Waals surface area (Å²) in [4.78, 5) is 12.2. The number of carbonyl (C=O) groups excluding carboxylic acids is 1. The quantitative estimate of drug-likeness (QED) is 0.621. The number of rotatable bonds is 6. The maximum absolute atomic E-state index is 12.2. The van der Waals surface area contributed by atoms with Crippen molar-refractivity contribution in [3.8, 4) is 17.5 Å². The van der Waals surface area contributed by atoms with E-state index < -0.39 is 0 Å². The van der Waals surface area contributed by atoms with E-state index >= 15 is 0 Å². The summed E-state index contributed by atoms with van der Waals surface area (Å²) in [5, 5.41) is 23.8. The van der Waals surface area contributed by atoms with Crippen LogP contribution in [-0.4, -0.2) is 26.4 Å². The van der Waals surface area contributed by atoms with Crippen LogP contribution in [0, 0.1) is 11.3 Å². The Kier molecular flexibility index (Phi) is 5.93. The number of thiophene rings is 1. The molecule has 3 rings (SSSR count). The fourth-order valence-corrected chi connectivity index (χ4v) is 4.09. The van der Waals surface area contributed by atoms with E-state index in [9.17, 15) is 4.79 Å². The zero-order valence-corrected chi connectivity index (χ0v) is 16.2. The van der Waals surface area contributed by atoms with Crippen molar-refractivity contribution in [3.63, 3.8) is 0 Å². The van der Waals surface area contributed by atoms with Crippen LogP contribution in [-0.2, 0) is 11.3 Å². The fourth-order valence-electron chi connectivity index (χ4n) is 2.31. The Morgan fingerprint density at radius 1 is 1.38 bits per heavy atom. The lowest BCUT2D eigenvalue weighted by Gasteiger charge is -2.08. The molecule has 6 nitrogen and oxygen atoms in total. The Morgan fingerprint density at radius 2 is 2.19 bits per heavy atom. The van der Waals surface area contributed by atoms with Crippen LogP contribution in [0.15, 0.2) is 40.9 Å². The molecule has 0 fully saturated rings. The standard InChI is InChI=1S/C17H14ClN5OS2/c1-2-23-15(12-5-3-4-6-13(12)18)21-22-17(23)26-10-14(24)20-16-11(9-19)7-8-25-16/h3-8H,2,10H2,1H3,(H,20,24). The highest BCUT2D eigenvalue weighted by Crippen LogP contribution is 2.29. The Balaban J connectivity index is 1.72. The van der Waals surface area contributed by atoms with Crippen molar-refractivity contribution in [2.75, 3.05) is 11.1 Å². The number of nitriles is 1. The highest BCUT2D eigenvalue weighted by Gasteiger charge is 2.17. The summed E-state index contributed by atoms with van der Waals surface area (Å²) >= 11 is 8.87. The maximum Gasteiger partial charge on any atom is 0.235 e. The van der Waals surface area contributed by atoms with Gasteiger partial charge in [0, 0.05) is 12.1 Å². The molecule has 0 radical (unpaired) electrons. The van der Waals surface area contributed by atoms with Crippen LogP contribution in [0.4, 0.5) is 5.00 Å². The molecule has 1 N–H and O–H groups in total. The van der Waals surface area contributed by atoms with Gasteiger partial charge in [-0.15, -0.1) is 21.5 Å². The van der Waals surface area contributed by atoms with E-state index in [1.807, 2.05) is 35.8 Å². The highest BCUT2D eigenvalue weighted by atomic mass is 35.5. The molecule has 0 aliphatic carbocycles. The lowest BCUT2D eigenvalue weighted by atomic mass is 10.2. The summed E-state index contributed by atoms with van der Waals surface area (Å²) in [6.07, 6.45) is 0. The van der Waals surface area contributed by atoms with Gasteiger partial charge in [-0.1, -0.05) is 35.5 Å². The van der Waals surface area contributed by atoms with Crippen molar-refractivity contribution in [1.82, 2.24) is 14.8 Å². The molecule has 26 heavy (non-hydrogen) atoms. The molecule has 0 spiro atoms. The van der Waals surface area contributed by atoms with Crippen LogP contribution >= 0.6 is 34.7 Å². The van der Waals surface area contributed by atoms with E-state index in [1.54, 1.807) is 17.5 Å². The first-order chi connectivity index (χ1) is 12.6. The third kappa shape index (κ3) is 3.90. The van der Waals surface area contributed by atoms with Crippen LogP contribution in [0.2, 0.25) is 5.02 Å². The number of anilines is 1. The average Bonchev–Trinajstić information content (AvgIpc) is 3.26. The van der Waals surface area contributed by atoms with Gasteiger partial charge in [0.15, 0.2) is 11.0 Å². The van der Waals surface area contributed by atoms with Crippen molar-refractivity contribution >= 4 is 45.6 Å².